The van der Waals surface area contributed by atoms with Crippen LogP contribution in [-0.4, -0.2) is 49.5 Å². The zero-order chi connectivity index (χ0) is 22.3. The first-order chi connectivity index (χ1) is 15.0. The van der Waals surface area contributed by atoms with Gasteiger partial charge in [-0.2, -0.15) is 0 Å². The number of nitrogens with zero attached hydrogens (tertiary/aromatic N) is 2. The summed E-state index contributed by atoms with van der Waals surface area (Å²) in [6, 6.07) is 11.9. The molecule has 1 atom stereocenters. The van der Waals surface area contributed by atoms with E-state index in [9.17, 15) is 9.70 Å². The van der Waals surface area contributed by atoms with Gasteiger partial charge in [0.05, 0.1) is 17.8 Å². The molecule has 31 heavy (non-hydrogen) atoms. The maximum atomic E-state index is 12.6. The standard InChI is InChI=1S/C24H32N2O4S/c1-18(19-7-8-21-16-22(29-3)10-9-20(21)15-19)23(27)30-14-13-26(2)17-24(31-25-28)11-5-4-6-12-24/h7-10,15-16,18H,4-6,11-14,17H2,1-3H3/t18-/m0/s1. The number of likely N-dealkylation sites (N-methyl/N-ethyl adjacent to an activating group) is 1. The minimum atomic E-state index is -0.337. The van der Waals surface area contributed by atoms with E-state index in [1.165, 1.54) is 18.4 Å². The summed E-state index contributed by atoms with van der Waals surface area (Å²) in [6.45, 7) is 3.63. The van der Waals surface area contributed by atoms with E-state index >= 15 is 0 Å². The zero-order valence-electron chi connectivity index (χ0n) is 18.6. The molecule has 1 saturated carbocycles. The zero-order valence-corrected chi connectivity index (χ0v) is 19.5. The molecule has 3 rings (SSSR count). The van der Waals surface area contributed by atoms with E-state index < -0.39 is 0 Å². The lowest BCUT2D eigenvalue weighted by molar-refractivity contribution is -0.145. The fourth-order valence-corrected chi connectivity index (χ4v) is 5.23. The van der Waals surface area contributed by atoms with Gasteiger partial charge in [0, 0.05) is 29.6 Å². The van der Waals surface area contributed by atoms with Crippen molar-refractivity contribution in [3.63, 3.8) is 0 Å². The topological polar surface area (TPSA) is 68.2 Å². The third-order valence-electron chi connectivity index (χ3n) is 6.20. The first-order valence-electron chi connectivity index (χ1n) is 10.9. The van der Waals surface area contributed by atoms with E-state index in [0.717, 1.165) is 54.3 Å². The SMILES string of the molecule is COc1ccc2cc([C@H](C)C(=O)OCCN(C)CC3(SN=O)CCCCC3)ccc2c1. The summed E-state index contributed by atoms with van der Waals surface area (Å²) in [6.07, 6.45) is 5.53. The van der Waals surface area contributed by atoms with E-state index in [2.05, 4.69) is 9.48 Å². The smallest absolute Gasteiger partial charge is 0.313 e. The number of rotatable bonds is 10. The number of methoxy groups -OCH3 is 1. The summed E-state index contributed by atoms with van der Waals surface area (Å²) in [7, 11) is 3.66. The lowest BCUT2D eigenvalue weighted by Crippen LogP contribution is -2.41. The molecule has 6 nitrogen and oxygen atoms in total. The molecule has 1 aliphatic rings. The summed E-state index contributed by atoms with van der Waals surface area (Å²) < 4.78 is 13.9. The van der Waals surface area contributed by atoms with Crippen LogP contribution in [0.25, 0.3) is 10.8 Å². The molecule has 1 aliphatic carbocycles. The van der Waals surface area contributed by atoms with Crippen molar-refractivity contribution >= 4 is 28.7 Å². The molecular weight excluding hydrogens is 412 g/mol. The summed E-state index contributed by atoms with van der Waals surface area (Å²) in [5.41, 5.74) is 0.936. The molecule has 1 fully saturated rings. The molecule has 2 aromatic rings. The van der Waals surface area contributed by atoms with Crippen LogP contribution in [0.15, 0.2) is 41.0 Å². The fraction of sp³-hybridized carbons (Fsp3) is 0.542. The highest BCUT2D eigenvalue weighted by Gasteiger charge is 2.35. The van der Waals surface area contributed by atoms with E-state index in [1.54, 1.807) is 7.11 Å². The molecule has 0 N–H and O–H groups in total. The average Bonchev–Trinajstić information content (AvgIpc) is 2.78. The maximum absolute atomic E-state index is 12.6. The van der Waals surface area contributed by atoms with Crippen molar-refractivity contribution in [3.8, 4) is 5.75 Å². The third-order valence-corrected chi connectivity index (χ3v) is 7.20. The Morgan fingerprint density at radius 1 is 1.16 bits per heavy atom. The van der Waals surface area contributed by atoms with Crippen LogP contribution in [0.5, 0.6) is 5.75 Å². The maximum Gasteiger partial charge on any atom is 0.313 e. The number of ether oxygens (including phenoxy) is 2. The fourth-order valence-electron chi connectivity index (χ4n) is 4.33. The van der Waals surface area contributed by atoms with Crippen LogP contribution in [-0.2, 0) is 9.53 Å². The van der Waals surface area contributed by atoms with Crippen molar-refractivity contribution in [1.82, 2.24) is 4.90 Å². The van der Waals surface area contributed by atoms with Gasteiger partial charge in [0.25, 0.3) is 0 Å². The second kappa shape index (κ2) is 11.0. The number of fused-ring (bicyclic) bond motifs is 1. The highest BCUT2D eigenvalue weighted by molar-refractivity contribution is 7.99. The van der Waals surface area contributed by atoms with Crippen LogP contribution < -0.4 is 4.74 Å². The van der Waals surface area contributed by atoms with Crippen molar-refractivity contribution in [1.29, 1.82) is 0 Å². The van der Waals surface area contributed by atoms with Gasteiger partial charge < -0.3 is 14.4 Å². The highest BCUT2D eigenvalue weighted by atomic mass is 32.2. The largest absolute Gasteiger partial charge is 0.497 e. The van der Waals surface area contributed by atoms with Crippen molar-refractivity contribution in [2.75, 3.05) is 33.9 Å². The predicted molar refractivity (Wildman–Crippen MR) is 127 cm³/mol. The number of hydrogen-bond donors (Lipinski definition) is 0. The number of esters is 1. The van der Waals surface area contributed by atoms with Gasteiger partial charge in [-0.05, 0) is 55.3 Å². The summed E-state index contributed by atoms with van der Waals surface area (Å²) in [4.78, 5) is 25.6. The van der Waals surface area contributed by atoms with Gasteiger partial charge >= 0.3 is 5.97 Å². The van der Waals surface area contributed by atoms with Gasteiger partial charge in [-0.15, -0.1) is 4.91 Å². The molecule has 2 aromatic carbocycles. The van der Waals surface area contributed by atoms with Crippen LogP contribution in [0, 0.1) is 4.91 Å². The van der Waals surface area contributed by atoms with Crippen molar-refractivity contribution < 1.29 is 14.3 Å². The Morgan fingerprint density at radius 2 is 1.87 bits per heavy atom. The van der Waals surface area contributed by atoms with E-state index in [0.29, 0.717) is 13.2 Å². The molecule has 0 radical (unpaired) electrons. The average molecular weight is 445 g/mol. The molecule has 0 saturated heterocycles. The van der Waals surface area contributed by atoms with Gasteiger partial charge in [0.1, 0.15) is 12.4 Å². The number of benzene rings is 2. The molecule has 168 valence electrons. The van der Waals surface area contributed by atoms with Gasteiger partial charge in [-0.1, -0.05) is 43.5 Å². The number of hydrogen-bond acceptors (Lipinski definition) is 7. The first-order valence-corrected chi connectivity index (χ1v) is 11.7. The molecule has 0 unspecified atom stereocenters. The van der Waals surface area contributed by atoms with Crippen LogP contribution in [0.2, 0.25) is 0 Å². The highest BCUT2D eigenvalue weighted by Crippen LogP contribution is 2.40. The van der Waals surface area contributed by atoms with Gasteiger partial charge in [-0.3, -0.25) is 4.79 Å². The molecule has 0 aromatic heterocycles. The Morgan fingerprint density at radius 3 is 2.58 bits per heavy atom. The van der Waals surface area contributed by atoms with Crippen molar-refractivity contribution in [2.24, 2.45) is 4.58 Å². The van der Waals surface area contributed by atoms with Crippen LogP contribution in [0.3, 0.4) is 0 Å². The molecule has 7 heteroatoms. The van der Waals surface area contributed by atoms with Gasteiger partial charge in [0.15, 0.2) is 0 Å². The third kappa shape index (κ3) is 6.20. The molecule has 0 spiro atoms. The minimum absolute atomic E-state index is 0.0974. The van der Waals surface area contributed by atoms with E-state index in [4.69, 9.17) is 9.47 Å². The van der Waals surface area contributed by atoms with Crippen LogP contribution in [0.4, 0.5) is 0 Å². The second-order valence-corrected chi connectivity index (χ2v) is 9.71. The number of carbonyl (C=O) groups is 1. The van der Waals surface area contributed by atoms with Crippen molar-refractivity contribution in [2.45, 2.75) is 49.7 Å². The van der Waals surface area contributed by atoms with Crippen molar-refractivity contribution in [3.05, 3.63) is 46.9 Å². The Labute approximate surface area is 188 Å². The normalized spacial score (nSPS) is 16.8. The predicted octanol–water partition coefficient (Wildman–Crippen LogP) is 5.54. The molecule has 0 bridgehead atoms. The number of nitroso groups, excluding NO2 is 1. The Bertz CT molecular complexity index is 898. The van der Waals surface area contributed by atoms with Gasteiger partial charge in [0.2, 0.25) is 0 Å². The quantitative estimate of drug-likeness (QED) is 0.272. The van der Waals surface area contributed by atoms with Crippen LogP contribution >= 0.6 is 11.9 Å². The lowest BCUT2D eigenvalue weighted by Gasteiger charge is -2.36. The molecule has 0 heterocycles. The summed E-state index contributed by atoms with van der Waals surface area (Å²) in [5, 5.41) is 2.14. The van der Waals surface area contributed by atoms with E-state index in [1.807, 2.05) is 50.4 Å². The Kier molecular flexibility index (Phi) is 8.32. The monoisotopic (exact) mass is 444 g/mol. The Balaban J connectivity index is 1.51. The first kappa shape index (κ1) is 23.5. The van der Waals surface area contributed by atoms with Crippen LogP contribution in [0.1, 0.15) is 50.5 Å². The summed E-state index contributed by atoms with van der Waals surface area (Å²) in [5.74, 6) is 0.253. The molecular formula is C24H32N2O4S. The summed E-state index contributed by atoms with van der Waals surface area (Å²) >= 11 is 1.19. The lowest BCUT2D eigenvalue weighted by atomic mass is 9.88. The second-order valence-electron chi connectivity index (χ2n) is 8.51. The van der Waals surface area contributed by atoms with Gasteiger partial charge in [-0.25, -0.2) is 0 Å². The van der Waals surface area contributed by atoms with E-state index in [-0.39, 0.29) is 16.6 Å². The number of carbonyl (C=O) groups excluding carboxylic acids is 1. The molecule has 0 aliphatic heterocycles. The minimum Gasteiger partial charge on any atom is -0.497 e. The molecule has 0 amide bonds. The Hall–Kier alpha value is -2.12.